The van der Waals surface area contributed by atoms with Gasteiger partial charge in [0.25, 0.3) is 5.91 Å². The minimum absolute atomic E-state index is 0.0671. The zero-order chi connectivity index (χ0) is 8.27. The average molecular weight is 158 g/mol. The summed E-state index contributed by atoms with van der Waals surface area (Å²) in [6, 6.07) is 0. The fourth-order valence-corrected chi connectivity index (χ4v) is 1.05. The van der Waals surface area contributed by atoms with Crippen molar-refractivity contribution < 1.29 is 9.53 Å². The number of hydrogen-bond acceptors (Lipinski definition) is 3. The van der Waals surface area contributed by atoms with Crippen LogP contribution < -0.4 is 5.32 Å². The van der Waals surface area contributed by atoms with Crippen LogP contribution in [0.15, 0.2) is 0 Å². The van der Waals surface area contributed by atoms with Gasteiger partial charge in [-0.05, 0) is 6.92 Å². The van der Waals surface area contributed by atoms with Crippen LogP contribution >= 0.6 is 0 Å². The van der Waals surface area contributed by atoms with Crippen LogP contribution in [0.2, 0.25) is 0 Å². The predicted molar refractivity (Wildman–Crippen MR) is 41.1 cm³/mol. The molecule has 1 amide bonds. The van der Waals surface area contributed by atoms with Crippen molar-refractivity contribution in [1.82, 2.24) is 10.2 Å². The molecular formula is C7H14N2O2. The van der Waals surface area contributed by atoms with Gasteiger partial charge in [-0.1, -0.05) is 0 Å². The molecule has 0 aromatic rings. The summed E-state index contributed by atoms with van der Waals surface area (Å²) in [6.45, 7) is 4.11. The van der Waals surface area contributed by atoms with E-state index in [0.717, 1.165) is 13.1 Å². The number of amides is 1. The third kappa shape index (κ3) is 1.91. The van der Waals surface area contributed by atoms with E-state index in [-0.39, 0.29) is 12.0 Å². The summed E-state index contributed by atoms with van der Waals surface area (Å²) in [6.07, 6.45) is -0.310. The van der Waals surface area contributed by atoms with Crippen LogP contribution in [0.1, 0.15) is 6.92 Å². The summed E-state index contributed by atoms with van der Waals surface area (Å²) in [5, 5.41) is 3.08. The molecule has 1 heterocycles. The van der Waals surface area contributed by atoms with E-state index in [1.807, 2.05) is 0 Å². The van der Waals surface area contributed by atoms with Crippen LogP contribution in [0, 0.1) is 0 Å². The third-order valence-electron chi connectivity index (χ3n) is 1.87. The first-order chi connectivity index (χ1) is 5.25. The molecular weight excluding hydrogens is 144 g/mol. The normalized spacial score (nSPS) is 20.4. The predicted octanol–water partition coefficient (Wildman–Crippen LogP) is -0.589. The lowest BCUT2D eigenvalue weighted by molar-refractivity contribution is -0.139. The highest BCUT2D eigenvalue weighted by atomic mass is 16.5. The summed E-state index contributed by atoms with van der Waals surface area (Å²) >= 11 is 0. The Balaban J connectivity index is 2.39. The summed E-state index contributed by atoms with van der Waals surface area (Å²) in [7, 11) is 1.55. The van der Waals surface area contributed by atoms with Crippen LogP contribution in [-0.2, 0) is 9.53 Å². The molecule has 1 aliphatic heterocycles. The van der Waals surface area contributed by atoms with Crippen LogP contribution in [0.4, 0.5) is 0 Å². The molecule has 1 unspecified atom stereocenters. The summed E-state index contributed by atoms with van der Waals surface area (Å²) in [5.41, 5.74) is 0. The van der Waals surface area contributed by atoms with Crippen molar-refractivity contribution in [3.05, 3.63) is 0 Å². The number of nitrogens with one attached hydrogen (secondary N) is 1. The van der Waals surface area contributed by atoms with Gasteiger partial charge in [-0.2, -0.15) is 0 Å². The molecule has 1 fully saturated rings. The van der Waals surface area contributed by atoms with Crippen LogP contribution in [0.3, 0.4) is 0 Å². The van der Waals surface area contributed by atoms with Crippen molar-refractivity contribution in [3.63, 3.8) is 0 Å². The number of nitrogens with zero attached hydrogens (tertiary/aromatic N) is 1. The molecule has 11 heavy (non-hydrogen) atoms. The number of ether oxygens (including phenoxy) is 1. The highest BCUT2D eigenvalue weighted by Crippen LogP contribution is 1.99. The Morgan fingerprint density at radius 3 is 2.91 bits per heavy atom. The quantitative estimate of drug-likeness (QED) is 0.584. The first kappa shape index (κ1) is 8.49. The van der Waals surface area contributed by atoms with Gasteiger partial charge in [0.1, 0.15) is 6.10 Å². The van der Waals surface area contributed by atoms with Crippen LogP contribution in [0.5, 0.6) is 0 Å². The Hall–Kier alpha value is -0.610. The topological polar surface area (TPSA) is 41.6 Å². The van der Waals surface area contributed by atoms with Gasteiger partial charge in [0.05, 0.1) is 6.67 Å². The fraction of sp³-hybridized carbons (Fsp3) is 0.857. The van der Waals surface area contributed by atoms with Gasteiger partial charge in [-0.3, -0.25) is 10.1 Å². The molecule has 0 aliphatic carbocycles. The lowest BCUT2D eigenvalue weighted by atomic mass is 10.3. The first-order valence-electron chi connectivity index (χ1n) is 3.78. The monoisotopic (exact) mass is 158 g/mol. The minimum atomic E-state index is -0.310. The zero-order valence-corrected chi connectivity index (χ0v) is 6.96. The maximum absolute atomic E-state index is 11.3. The number of carbonyl (C=O) groups excluding carboxylic acids is 1. The van der Waals surface area contributed by atoms with Gasteiger partial charge in [0.15, 0.2) is 0 Å². The van der Waals surface area contributed by atoms with Gasteiger partial charge in [0.2, 0.25) is 0 Å². The maximum Gasteiger partial charge on any atom is 0.252 e. The lowest BCUT2D eigenvalue weighted by Gasteiger charge is -2.17. The molecule has 1 N–H and O–H groups in total. The van der Waals surface area contributed by atoms with Crippen molar-refractivity contribution in [2.75, 3.05) is 26.9 Å². The second-order valence-corrected chi connectivity index (χ2v) is 2.64. The van der Waals surface area contributed by atoms with Crippen molar-refractivity contribution in [1.29, 1.82) is 0 Å². The molecule has 4 nitrogen and oxygen atoms in total. The van der Waals surface area contributed by atoms with E-state index in [2.05, 4.69) is 5.32 Å². The highest BCUT2D eigenvalue weighted by Gasteiger charge is 2.22. The maximum atomic E-state index is 11.3. The number of carbonyl (C=O) groups is 1. The SMILES string of the molecule is COC(C)C(=O)N1CCNC1. The molecule has 64 valence electrons. The molecule has 0 radical (unpaired) electrons. The van der Waals surface area contributed by atoms with Crippen LogP contribution in [-0.4, -0.2) is 43.8 Å². The molecule has 1 saturated heterocycles. The Kier molecular flexibility index (Phi) is 2.84. The second-order valence-electron chi connectivity index (χ2n) is 2.64. The highest BCUT2D eigenvalue weighted by molar-refractivity contribution is 5.80. The van der Waals surface area contributed by atoms with Crippen molar-refractivity contribution in [3.8, 4) is 0 Å². The standard InChI is InChI=1S/C7H14N2O2/c1-6(11-2)7(10)9-4-3-8-5-9/h6,8H,3-5H2,1-2H3. The third-order valence-corrected chi connectivity index (χ3v) is 1.87. The summed E-state index contributed by atoms with van der Waals surface area (Å²) in [5.74, 6) is 0.0671. The zero-order valence-electron chi connectivity index (χ0n) is 6.96. The van der Waals surface area contributed by atoms with Gasteiger partial charge in [-0.15, -0.1) is 0 Å². The Morgan fingerprint density at radius 1 is 1.73 bits per heavy atom. The van der Waals surface area contributed by atoms with Crippen molar-refractivity contribution in [2.24, 2.45) is 0 Å². The van der Waals surface area contributed by atoms with E-state index < -0.39 is 0 Å². The molecule has 0 saturated carbocycles. The number of rotatable bonds is 2. The van der Waals surface area contributed by atoms with E-state index in [4.69, 9.17) is 4.74 Å². The van der Waals surface area contributed by atoms with Crippen molar-refractivity contribution in [2.45, 2.75) is 13.0 Å². The van der Waals surface area contributed by atoms with Crippen molar-refractivity contribution >= 4 is 5.91 Å². The molecule has 0 spiro atoms. The molecule has 1 rings (SSSR count). The molecule has 0 bridgehead atoms. The number of hydrogen-bond donors (Lipinski definition) is 1. The Bertz CT molecular complexity index is 143. The number of methoxy groups -OCH3 is 1. The smallest absolute Gasteiger partial charge is 0.252 e. The molecule has 0 aromatic carbocycles. The van der Waals surface area contributed by atoms with Gasteiger partial charge in [-0.25, -0.2) is 0 Å². The Morgan fingerprint density at radius 2 is 2.45 bits per heavy atom. The van der Waals surface area contributed by atoms with E-state index in [0.29, 0.717) is 6.67 Å². The van der Waals surface area contributed by atoms with E-state index in [1.54, 1.807) is 18.9 Å². The molecule has 0 aromatic heterocycles. The average Bonchev–Trinajstić information content (AvgIpc) is 2.53. The van der Waals surface area contributed by atoms with Gasteiger partial charge < -0.3 is 9.64 Å². The second kappa shape index (κ2) is 3.69. The van der Waals surface area contributed by atoms with E-state index in [1.165, 1.54) is 0 Å². The van der Waals surface area contributed by atoms with E-state index >= 15 is 0 Å². The Labute approximate surface area is 66.5 Å². The minimum Gasteiger partial charge on any atom is -0.372 e. The lowest BCUT2D eigenvalue weighted by Crippen LogP contribution is -2.37. The summed E-state index contributed by atoms with van der Waals surface area (Å²) < 4.78 is 4.91. The van der Waals surface area contributed by atoms with Gasteiger partial charge in [0, 0.05) is 20.2 Å². The van der Waals surface area contributed by atoms with E-state index in [9.17, 15) is 4.79 Å². The summed E-state index contributed by atoms with van der Waals surface area (Å²) in [4.78, 5) is 13.1. The van der Waals surface area contributed by atoms with Crippen LogP contribution in [0.25, 0.3) is 0 Å². The largest absolute Gasteiger partial charge is 0.372 e. The molecule has 1 aliphatic rings. The first-order valence-corrected chi connectivity index (χ1v) is 3.78. The van der Waals surface area contributed by atoms with Gasteiger partial charge >= 0.3 is 0 Å². The molecule has 4 heteroatoms. The molecule has 1 atom stereocenters. The fourth-order valence-electron chi connectivity index (χ4n) is 1.05.